The first-order valence-electron chi connectivity index (χ1n) is 9.61. The highest BCUT2D eigenvalue weighted by atomic mass is 35.5. The van der Waals surface area contributed by atoms with Crippen LogP contribution in [0.3, 0.4) is 0 Å². The summed E-state index contributed by atoms with van der Waals surface area (Å²) in [6.45, 7) is 2.21. The van der Waals surface area contributed by atoms with Crippen LogP contribution in [0.25, 0.3) is 0 Å². The second-order valence-electron chi connectivity index (χ2n) is 7.00. The minimum absolute atomic E-state index is 0.0727. The molecular weight excluding hydrogens is 339 g/mol. The van der Waals surface area contributed by atoms with Gasteiger partial charge in [0, 0.05) is 16.8 Å². The molecule has 0 heterocycles. The Balaban J connectivity index is 2.00. The minimum Gasteiger partial charge on any atom is -0.322 e. The fourth-order valence-electron chi connectivity index (χ4n) is 3.42. The standard InChI is InChI=1S/C20H32ClO2P/c1-2-3-4-7-12-18(21)17-24(22,20-15-10-6-11-16-20)23-19-13-8-5-9-14-19/h6,10-11,15-16,18-19H,2-5,7-9,12-14,17H2,1H3. The Bertz CT molecular complexity index is 500. The van der Waals surface area contributed by atoms with Crippen LogP contribution in [0, 0.1) is 0 Å². The van der Waals surface area contributed by atoms with Crippen molar-refractivity contribution in [3.63, 3.8) is 0 Å². The summed E-state index contributed by atoms with van der Waals surface area (Å²) in [5, 5.41) is 0.756. The van der Waals surface area contributed by atoms with Gasteiger partial charge in [0.05, 0.1) is 6.10 Å². The van der Waals surface area contributed by atoms with Crippen molar-refractivity contribution in [3.05, 3.63) is 30.3 Å². The Kier molecular flexibility index (Phi) is 8.87. The molecule has 24 heavy (non-hydrogen) atoms. The van der Waals surface area contributed by atoms with E-state index in [-0.39, 0.29) is 11.5 Å². The molecule has 2 rings (SSSR count). The van der Waals surface area contributed by atoms with Crippen LogP contribution in [-0.4, -0.2) is 17.6 Å². The fraction of sp³-hybridized carbons (Fsp3) is 0.700. The summed E-state index contributed by atoms with van der Waals surface area (Å²) in [5.74, 6) is 0. The highest BCUT2D eigenvalue weighted by molar-refractivity contribution is 7.67. The third-order valence-corrected chi connectivity index (χ3v) is 8.06. The van der Waals surface area contributed by atoms with E-state index in [4.69, 9.17) is 16.1 Å². The van der Waals surface area contributed by atoms with Crippen LogP contribution >= 0.6 is 19.0 Å². The van der Waals surface area contributed by atoms with E-state index in [0.717, 1.165) is 31.0 Å². The predicted octanol–water partition coefficient (Wildman–Crippen LogP) is 6.52. The Morgan fingerprint density at radius 3 is 2.50 bits per heavy atom. The molecule has 0 saturated heterocycles. The van der Waals surface area contributed by atoms with Gasteiger partial charge in [0.25, 0.3) is 0 Å². The van der Waals surface area contributed by atoms with Gasteiger partial charge in [-0.25, -0.2) is 0 Å². The molecular formula is C20H32ClO2P. The Hall–Kier alpha value is -0.300. The van der Waals surface area contributed by atoms with Crippen molar-refractivity contribution in [1.29, 1.82) is 0 Å². The van der Waals surface area contributed by atoms with Crippen LogP contribution in [0.4, 0.5) is 0 Å². The zero-order valence-electron chi connectivity index (χ0n) is 15.0. The highest BCUT2D eigenvalue weighted by Crippen LogP contribution is 2.50. The molecule has 0 aliphatic heterocycles. The number of benzene rings is 1. The van der Waals surface area contributed by atoms with Crippen LogP contribution in [-0.2, 0) is 9.09 Å². The molecule has 0 spiro atoms. The Morgan fingerprint density at radius 2 is 1.83 bits per heavy atom. The van der Waals surface area contributed by atoms with Crippen molar-refractivity contribution in [1.82, 2.24) is 0 Å². The smallest absolute Gasteiger partial charge is 0.233 e. The van der Waals surface area contributed by atoms with Gasteiger partial charge in [-0.15, -0.1) is 11.6 Å². The molecule has 1 aromatic carbocycles. The van der Waals surface area contributed by atoms with Crippen LogP contribution in [0.1, 0.15) is 71.1 Å². The molecule has 2 unspecified atom stereocenters. The first-order chi connectivity index (χ1) is 11.6. The van der Waals surface area contributed by atoms with Crippen molar-refractivity contribution in [2.45, 2.75) is 82.6 Å². The maximum atomic E-state index is 13.7. The zero-order chi connectivity index (χ0) is 17.3. The third-order valence-electron chi connectivity index (χ3n) is 4.83. The molecule has 0 radical (unpaired) electrons. The monoisotopic (exact) mass is 370 g/mol. The van der Waals surface area contributed by atoms with E-state index < -0.39 is 7.37 Å². The number of alkyl halides is 1. The van der Waals surface area contributed by atoms with Crippen molar-refractivity contribution in [2.75, 3.05) is 6.16 Å². The molecule has 2 nitrogen and oxygen atoms in total. The molecule has 0 amide bonds. The van der Waals surface area contributed by atoms with Gasteiger partial charge in [-0.1, -0.05) is 70.1 Å². The molecule has 1 aliphatic carbocycles. The lowest BCUT2D eigenvalue weighted by Crippen LogP contribution is -2.23. The predicted molar refractivity (Wildman–Crippen MR) is 105 cm³/mol. The zero-order valence-corrected chi connectivity index (χ0v) is 16.6. The van der Waals surface area contributed by atoms with Gasteiger partial charge in [0.15, 0.2) is 0 Å². The fourth-order valence-corrected chi connectivity index (χ4v) is 6.56. The van der Waals surface area contributed by atoms with Crippen molar-refractivity contribution in [2.24, 2.45) is 0 Å². The lowest BCUT2D eigenvalue weighted by molar-refractivity contribution is 0.161. The molecule has 136 valence electrons. The summed E-state index contributed by atoms with van der Waals surface area (Å²) in [5.41, 5.74) is 0. The van der Waals surface area contributed by atoms with Crippen LogP contribution in [0.5, 0.6) is 0 Å². The molecule has 1 aliphatic rings. The lowest BCUT2D eigenvalue weighted by atomic mass is 9.98. The van der Waals surface area contributed by atoms with E-state index >= 15 is 0 Å². The number of hydrogen-bond acceptors (Lipinski definition) is 2. The van der Waals surface area contributed by atoms with Crippen molar-refractivity contribution in [3.8, 4) is 0 Å². The van der Waals surface area contributed by atoms with Gasteiger partial charge < -0.3 is 4.52 Å². The maximum absolute atomic E-state index is 13.7. The second-order valence-corrected chi connectivity index (χ2v) is 10.1. The van der Waals surface area contributed by atoms with Gasteiger partial charge in [0.1, 0.15) is 0 Å². The molecule has 4 heteroatoms. The molecule has 2 atom stereocenters. The number of hydrogen-bond donors (Lipinski definition) is 0. The average molecular weight is 371 g/mol. The molecule has 0 aromatic heterocycles. The van der Waals surface area contributed by atoms with E-state index in [2.05, 4.69) is 6.92 Å². The van der Waals surface area contributed by atoms with E-state index in [9.17, 15) is 4.57 Å². The molecule has 1 fully saturated rings. The van der Waals surface area contributed by atoms with E-state index in [0.29, 0.717) is 6.16 Å². The summed E-state index contributed by atoms with van der Waals surface area (Å²) < 4.78 is 19.9. The Labute approximate surface area is 152 Å². The molecule has 1 saturated carbocycles. The van der Waals surface area contributed by atoms with E-state index in [1.54, 1.807) is 0 Å². The van der Waals surface area contributed by atoms with Crippen LogP contribution < -0.4 is 5.30 Å². The minimum atomic E-state index is -2.88. The van der Waals surface area contributed by atoms with E-state index in [1.807, 2.05) is 30.3 Å². The highest BCUT2D eigenvalue weighted by Gasteiger charge is 2.32. The van der Waals surface area contributed by atoms with Crippen LogP contribution in [0.15, 0.2) is 30.3 Å². The SMILES string of the molecule is CCCCCCC(Cl)CP(=O)(OC1CCCCC1)c1ccccc1. The summed E-state index contributed by atoms with van der Waals surface area (Å²) in [6.07, 6.45) is 12.0. The topological polar surface area (TPSA) is 26.3 Å². The Morgan fingerprint density at radius 1 is 1.12 bits per heavy atom. The number of unbranched alkanes of at least 4 members (excludes halogenated alkanes) is 3. The van der Waals surface area contributed by atoms with E-state index in [1.165, 1.54) is 38.5 Å². The molecule has 1 aromatic rings. The third kappa shape index (κ3) is 6.54. The van der Waals surface area contributed by atoms with Gasteiger partial charge in [-0.2, -0.15) is 0 Å². The molecule has 0 bridgehead atoms. The van der Waals surface area contributed by atoms with Gasteiger partial charge in [-0.3, -0.25) is 4.57 Å². The molecule has 0 N–H and O–H groups in total. The van der Waals surface area contributed by atoms with Gasteiger partial charge in [0.2, 0.25) is 7.37 Å². The summed E-state index contributed by atoms with van der Waals surface area (Å²) in [4.78, 5) is 0. The largest absolute Gasteiger partial charge is 0.322 e. The second kappa shape index (κ2) is 10.6. The summed E-state index contributed by atoms with van der Waals surface area (Å²) >= 11 is 6.56. The van der Waals surface area contributed by atoms with Crippen LogP contribution in [0.2, 0.25) is 0 Å². The van der Waals surface area contributed by atoms with Crippen molar-refractivity contribution >= 4 is 24.3 Å². The average Bonchev–Trinajstić information content (AvgIpc) is 2.60. The van der Waals surface area contributed by atoms with Gasteiger partial charge >= 0.3 is 0 Å². The maximum Gasteiger partial charge on any atom is 0.233 e. The van der Waals surface area contributed by atoms with Crippen molar-refractivity contribution < 1.29 is 9.09 Å². The number of halogens is 1. The summed E-state index contributed by atoms with van der Waals surface area (Å²) in [7, 11) is -2.88. The van der Waals surface area contributed by atoms with Gasteiger partial charge in [-0.05, 0) is 31.4 Å². The lowest BCUT2D eigenvalue weighted by Gasteiger charge is -2.29. The number of rotatable bonds is 10. The normalized spacial score (nSPS) is 19.8. The quantitative estimate of drug-likeness (QED) is 0.266. The first kappa shape index (κ1) is 20.0. The first-order valence-corrected chi connectivity index (χ1v) is 11.9. The summed E-state index contributed by atoms with van der Waals surface area (Å²) in [6, 6.07) is 9.71.